The van der Waals surface area contributed by atoms with Crippen molar-refractivity contribution in [1.29, 1.82) is 0 Å². The number of carbonyl (C=O) groups is 3. The number of carbonyl (C=O) groups excluding carboxylic acids is 2. The molecule has 1 saturated heterocycles. The molecule has 188 valence electrons. The van der Waals surface area contributed by atoms with E-state index < -0.39 is 58.1 Å². The van der Waals surface area contributed by atoms with Crippen LogP contribution >= 0.6 is 0 Å². The van der Waals surface area contributed by atoms with Gasteiger partial charge in [0.2, 0.25) is 10.0 Å². The average molecular weight is 510 g/mol. The Morgan fingerprint density at radius 3 is 2.37 bits per heavy atom. The normalized spacial score (nSPS) is 17.2. The molecular weight excluding hydrogens is 484 g/mol. The smallest absolute Gasteiger partial charge is 0.305 e. The Kier molecular flexibility index (Phi) is 8.18. The van der Waals surface area contributed by atoms with E-state index in [0.717, 1.165) is 33.5 Å². The Hall–Kier alpha value is -3.38. The fourth-order valence-electron chi connectivity index (χ4n) is 3.91. The minimum Gasteiger partial charge on any atom is -0.481 e. The van der Waals surface area contributed by atoms with Crippen molar-refractivity contribution in [2.24, 2.45) is 0 Å². The van der Waals surface area contributed by atoms with Crippen molar-refractivity contribution < 1.29 is 36.7 Å². The van der Waals surface area contributed by atoms with Gasteiger partial charge in [-0.1, -0.05) is 25.1 Å². The number of hydrogen-bond acceptors (Lipinski definition) is 5. The minimum absolute atomic E-state index is 0.0711. The lowest BCUT2D eigenvalue weighted by molar-refractivity contribution is -0.138. The molecule has 1 fully saturated rings. The molecule has 0 aliphatic carbocycles. The van der Waals surface area contributed by atoms with Crippen molar-refractivity contribution >= 4 is 27.8 Å². The first-order valence-corrected chi connectivity index (χ1v) is 12.5. The lowest BCUT2D eigenvalue weighted by Gasteiger charge is -2.30. The zero-order valence-corrected chi connectivity index (χ0v) is 19.7. The summed E-state index contributed by atoms with van der Waals surface area (Å²) in [5.41, 5.74) is 0.212. The summed E-state index contributed by atoms with van der Waals surface area (Å²) in [5.74, 6) is -4.44. The second-order valence-corrected chi connectivity index (χ2v) is 10.1. The van der Waals surface area contributed by atoms with Crippen molar-refractivity contribution in [3.05, 3.63) is 71.3 Å². The van der Waals surface area contributed by atoms with E-state index in [1.165, 1.54) is 24.3 Å². The lowest BCUT2D eigenvalue weighted by atomic mass is 10.0. The van der Waals surface area contributed by atoms with E-state index in [1.807, 2.05) is 0 Å². The van der Waals surface area contributed by atoms with Crippen LogP contribution in [0.25, 0.3) is 0 Å². The number of halogens is 2. The number of carboxylic acid groups (broad SMARTS) is 1. The van der Waals surface area contributed by atoms with E-state index in [2.05, 4.69) is 5.32 Å². The molecule has 0 aromatic heterocycles. The van der Waals surface area contributed by atoms with Gasteiger partial charge in [-0.05, 0) is 42.3 Å². The zero-order chi connectivity index (χ0) is 25.8. The predicted molar refractivity (Wildman–Crippen MR) is 122 cm³/mol. The second kappa shape index (κ2) is 10.9. The highest BCUT2D eigenvalue weighted by atomic mass is 32.2. The summed E-state index contributed by atoms with van der Waals surface area (Å²) in [4.78, 5) is 39.0. The molecule has 12 heteroatoms. The summed E-state index contributed by atoms with van der Waals surface area (Å²) in [5, 5.41) is 11.8. The van der Waals surface area contributed by atoms with E-state index in [9.17, 15) is 36.7 Å². The summed E-state index contributed by atoms with van der Waals surface area (Å²) in [7, 11) is -3.95. The van der Waals surface area contributed by atoms with Gasteiger partial charge in [-0.25, -0.2) is 17.2 Å². The third-order valence-corrected chi connectivity index (χ3v) is 7.50. The van der Waals surface area contributed by atoms with Crippen LogP contribution in [0.5, 0.6) is 0 Å². The molecule has 2 unspecified atom stereocenters. The SMILES string of the molecule is CCCS(=O)(=O)N1CCN(C(=O)c2cccc(F)c2)C1C(=O)NC(CC(=O)O)c1ccc(F)cc1. The Morgan fingerprint density at radius 2 is 1.77 bits per heavy atom. The number of nitrogens with one attached hydrogen (secondary N) is 1. The van der Waals surface area contributed by atoms with Crippen molar-refractivity contribution in [3.63, 3.8) is 0 Å². The molecule has 0 radical (unpaired) electrons. The Balaban J connectivity index is 1.97. The molecule has 1 heterocycles. The summed E-state index contributed by atoms with van der Waals surface area (Å²) in [6.45, 7) is 1.36. The highest BCUT2D eigenvalue weighted by molar-refractivity contribution is 7.89. The standard InChI is InChI=1S/C23H25F2N3O6S/c1-2-12-35(33,34)28-11-10-27(23(32)16-4-3-5-18(25)13-16)22(28)21(31)26-19(14-20(29)30)15-6-8-17(24)9-7-15/h3-9,13,19,22H,2,10-12,14H2,1H3,(H,26,31)(H,29,30). The molecule has 2 atom stereocenters. The Labute approximate surface area is 201 Å². The van der Waals surface area contributed by atoms with Crippen LogP contribution < -0.4 is 5.32 Å². The Bertz CT molecular complexity index is 1210. The van der Waals surface area contributed by atoms with Gasteiger partial charge in [0.15, 0.2) is 6.17 Å². The molecule has 1 aliphatic rings. The monoisotopic (exact) mass is 509 g/mol. The zero-order valence-electron chi connectivity index (χ0n) is 18.9. The molecule has 2 N–H and O–H groups in total. The number of carboxylic acids is 1. The predicted octanol–water partition coefficient (Wildman–Crippen LogP) is 2.12. The molecule has 0 spiro atoms. The van der Waals surface area contributed by atoms with E-state index in [4.69, 9.17) is 0 Å². The number of sulfonamides is 1. The van der Waals surface area contributed by atoms with Gasteiger partial charge in [0.1, 0.15) is 11.6 Å². The van der Waals surface area contributed by atoms with Gasteiger partial charge in [0.25, 0.3) is 11.8 Å². The average Bonchev–Trinajstić information content (AvgIpc) is 3.25. The third kappa shape index (κ3) is 6.20. The summed E-state index contributed by atoms with van der Waals surface area (Å²) in [6, 6.07) is 8.47. The molecule has 9 nitrogen and oxygen atoms in total. The van der Waals surface area contributed by atoms with Crippen LogP contribution in [0.1, 0.15) is 41.7 Å². The van der Waals surface area contributed by atoms with Gasteiger partial charge in [-0.3, -0.25) is 14.4 Å². The van der Waals surface area contributed by atoms with Crippen molar-refractivity contribution in [3.8, 4) is 0 Å². The number of benzene rings is 2. The molecule has 2 amide bonds. The van der Waals surface area contributed by atoms with Crippen LogP contribution in [-0.2, 0) is 19.6 Å². The van der Waals surface area contributed by atoms with E-state index in [0.29, 0.717) is 0 Å². The number of aliphatic carboxylic acids is 1. The molecule has 2 aromatic rings. The molecule has 3 rings (SSSR count). The lowest BCUT2D eigenvalue weighted by Crippen LogP contribution is -2.54. The van der Waals surface area contributed by atoms with Gasteiger partial charge >= 0.3 is 5.97 Å². The van der Waals surface area contributed by atoms with Crippen LogP contribution in [0.3, 0.4) is 0 Å². The Morgan fingerprint density at radius 1 is 1.09 bits per heavy atom. The molecule has 0 bridgehead atoms. The highest BCUT2D eigenvalue weighted by Crippen LogP contribution is 2.25. The largest absolute Gasteiger partial charge is 0.481 e. The molecule has 1 aliphatic heterocycles. The van der Waals surface area contributed by atoms with E-state index in [1.54, 1.807) is 6.92 Å². The second-order valence-electron chi connectivity index (χ2n) is 8.02. The number of amides is 2. The third-order valence-electron chi connectivity index (χ3n) is 5.48. The molecular formula is C23H25F2N3O6S. The minimum atomic E-state index is -3.95. The topological polar surface area (TPSA) is 124 Å². The van der Waals surface area contributed by atoms with Crippen LogP contribution in [0, 0.1) is 11.6 Å². The van der Waals surface area contributed by atoms with Crippen LogP contribution in [0.15, 0.2) is 48.5 Å². The van der Waals surface area contributed by atoms with Crippen LogP contribution in [0.2, 0.25) is 0 Å². The highest BCUT2D eigenvalue weighted by Gasteiger charge is 2.46. The first-order chi connectivity index (χ1) is 16.5. The molecule has 35 heavy (non-hydrogen) atoms. The van der Waals surface area contributed by atoms with Gasteiger partial charge in [-0.15, -0.1) is 0 Å². The van der Waals surface area contributed by atoms with E-state index in [-0.39, 0.29) is 36.4 Å². The number of rotatable bonds is 9. The van der Waals surface area contributed by atoms with Crippen molar-refractivity contribution in [2.75, 3.05) is 18.8 Å². The summed E-state index contributed by atoms with van der Waals surface area (Å²) < 4.78 is 53.7. The maximum Gasteiger partial charge on any atom is 0.305 e. The van der Waals surface area contributed by atoms with Crippen LogP contribution in [-0.4, -0.2) is 65.5 Å². The number of hydrogen-bond donors (Lipinski definition) is 2. The summed E-state index contributed by atoms with van der Waals surface area (Å²) >= 11 is 0. The fourth-order valence-corrected chi connectivity index (χ4v) is 5.54. The van der Waals surface area contributed by atoms with Gasteiger partial charge < -0.3 is 15.3 Å². The van der Waals surface area contributed by atoms with Crippen molar-refractivity contribution in [2.45, 2.75) is 32.0 Å². The molecule has 0 saturated carbocycles. The first-order valence-electron chi connectivity index (χ1n) is 10.9. The fraction of sp³-hybridized carbons (Fsp3) is 0.348. The number of nitrogens with zero attached hydrogens (tertiary/aromatic N) is 2. The molecule has 2 aromatic carbocycles. The maximum atomic E-state index is 13.7. The van der Waals surface area contributed by atoms with Gasteiger partial charge in [-0.2, -0.15) is 4.31 Å². The van der Waals surface area contributed by atoms with E-state index >= 15 is 0 Å². The van der Waals surface area contributed by atoms with Gasteiger partial charge in [0.05, 0.1) is 18.2 Å². The van der Waals surface area contributed by atoms with Gasteiger partial charge in [0, 0.05) is 18.7 Å². The summed E-state index contributed by atoms with van der Waals surface area (Å²) in [6.07, 6.45) is -1.91. The van der Waals surface area contributed by atoms with Crippen molar-refractivity contribution in [1.82, 2.24) is 14.5 Å². The quantitative estimate of drug-likeness (QED) is 0.534. The van der Waals surface area contributed by atoms with Crippen LogP contribution in [0.4, 0.5) is 8.78 Å². The maximum absolute atomic E-state index is 13.7. The first kappa shape index (κ1) is 26.2.